The molecule has 17 heavy (non-hydrogen) atoms. The first-order valence-electron chi connectivity index (χ1n) is 4.71. The van der Waals surface area contributed by atoms with Crippen LogP contribution in [0.1, 0.15) is 13.3 Å². The average Bonchev–Trinajstić information content (AvgIpc) is 2.27. The summed E-state index contributed by atoms with van der Waals surface area (Å²) in [4.78, 5) is 21.0. The van der Waals surface area contributed by atoms with Gasteiger partial charge in [-0.1, -0.05) is 28.5 Å². The summed E-state index contributed by atoms with van der Waals surface area (Å²) in [6.45, 7) is 1.47. The summed E-state index contributed by atoms with van der Waals surface area (Å²) in [5.74, 6) is -2.66. The van der Waals surface area contributed by atoms with Crippen molar-refractivity contribution in [1.29, 1.82) is 0 Å². The Hall–Kier alpha value is -0.510. The van der Waals surface area contributed by atoms with Gasteiger partial charge in [-0.2, -0.15) is 0 Å². The molecule has 6 N–H and O–H groups in total. The van der Waals surface area contributed by atoms with E-state index in [4.69, 9.17) is 21.7 Å². The van der Waals surface area contributed by atoms with Crippen LogP contribution < -0.4 is 11.5 Å². The van der Waals surface area contributed by atoms with Crippen molar-refractivity contribution in [2.45, 2.75) is 30.4 Å². The molecule has 0 aliphatic carbocycles. The maximum atomic E-state index is 14.1. The first kappa shape index (κ1) is 16.5. The largest absolute Gasteiger partial charge is 0.480 e. The highest BCUT2D eigenvalue weighted by molar-refractivity contribution is 8.77. The van der Waals surface area contributed by atoms with Gasteiger partial charge in [0.1, 0.15) is 12.1 Å². The standard InChI is InChI=1S/C8H15FN2O4S2/c1-2-8(9,5(11)7(14)15)17-16-3-4(10)6(12)13/h4-5H,2-3,10-11H2,1H3,(H,12,13)(H,14,15). The minimum absolute atomic E-state index is 0.0298. The molecule has 0 rings (SSSR count). The van der Waals surface area contributed by atoms with Crippen molar-refractivity contribution in [1.82, 2.24) is 0 Å². The second-order valence-corrected chi connectivity index (χ2v) is 5.89. The fraction of sp³-hybridized carbons (Fsp3) is 0.750. The van der Waals surface area contributed by atoms with Gasteiger partial charge in [0.05, 0.1) is 0 Å². The predicted molar refractivity (Wildman–Crippen MR) is 65.4 cm³/mol. The number of aliphatic carboxylic acids is 2. The van der Waals surface area contributed by atoms with Crippen molar-refractivity contribution in [2.24, 2.45) is 11.5 Å². The zero-order valence-corrected chi connectivity index (χ0v) is 10.8. The van der Waals surface area contributed by atoms with E-state index in [1.165, 1.54) is 6.92 Å². The maximum Gasteiger partial charge on any atom is 0.324 e. The van der Waals surface area contributed by atoms with Crippen LogP contribution in [0.4, 0.5) is 4.39 Å². The molecule has 3 unspecified atom stereocenters. The van der Waals surface area contributed by atoms with Crippen LogP contribution in [-0.2, 0) is 9.59 Å². The summed E-state index contributed by atoms with van der Waals surface area (Å²) < 4.78 is 14.1. The molecule has 0 aromatic carbocycles. The van der Waals surface area contributed by atoms with Crippen LogP contribution in [0.5, 0.6) is 0 Å². The van der Waals surface area contributed by atoms with Gasteiger partial charge in [-0.05, 0) is 6.42 Å². The third-order valence-electron chi connectivity index (χ3n) is 1.97. The second-order valence-electron chi connectivity index (χ2n) is 3.27. The first-order valence-corrected chi connectivity index (χ1v) is 7.02. The van der Waals surface area contributed by atoms with Crippen molar-refractivity contribution < 1.29 is 24.2 Å². The third-order valence-corrected chi connectivity index (χ3v) is 5.00. The van der Waals surface area contributed by atoms with Gasteiger partial charge in [-0.15, -0.1) is 0 Å². The van der Waals surface area contributed by atoms with E-state index in [9.17, 15) is 14.0 Å². The van der Waals surface area contributed by atoms with E-state index in [0.717, 1.165) is 10.8 Å². The van der Waals surface area contributed by atoms with Crippen LogP contribution >= 0.6 is 21.6 Å². The molecular formula is C8H15FN2O4S2. The van der Waals surface area contributed by atoms with E-state index in [-0.39, 0.29) is 12.2 Å². The number of alkyl halides is 1. The van der Waals surface area contributed by atoms with E-state index in [1.54, 1.807) is 0 Å². The van der Waals surface area contributed by atoms with Gasteiger partial charge in [0.25, 0.3) is 0 Å². The molecule has 6 nitrogen and oxygen atoms in total. The molecule has 0 bridgehead atoms. The highest BCUT2D eigenvalue weighted by atomic mass is 33.1. The topological polar surface area (TPSA) is 127 Å². The van der Waals surface area contributed by atoms with Crippen molar-refractivity contribution in [3.8, 4) is 0 Å². The van der Waals surface area contributed by atoms with Gasteiger partial charge >= 0.3 is 11.9 Å². The molecule has 0 aromatic heterocycles. The molecule has 0 radical (unpaired) electrons. The molecule has 0 saturated carbocycles. The smallest absolute Gasteiger partial charge is 0.324 e. The Bertz CT molecular complexity index is 295. The van der Waals surface area contributed by atoms with Gasteiger partial charge in [0.15, 0.2) is 5.00 Å². The van der Waals surface area contributed by atoms with Crippen LogP contribution in [0.15, 0.2) is 0 Å². The lowest BCUT2D eigenvalue weighted by atomic mass is 10.1. The zero-order valence-electron chi connectivity index (χ0n) is 9.13. The number of carboxylic acid groups (broad SMARTS) is 2. The highest BCUT2D eigenvalue weighted by Crippen LogP contribution is 2.42. The molecule has 0 spiro atoms. The molecule has 0 saturated heterocycles. The molecule has 100 valence electrons. The van der Waals surface area contributed by atoms with E-state index in [0.29, 0.717) is 10.8 Å². The summed E-state index contributed by atoms with van der Waals surface area (Å²) in [5.41, 5.74) is 10.4. The van der Waals surface area contributed by atoms with Crippen LogP contribution in [-0.4, -0.2) is 45.0 Å². The van der Waals surface area contributed by atoms with Crippen LogP contribution in [0.2, 0.25) is 0 Å². The van der Waals surface area contributed by atoms with Crippen molar-refractivity contribution in [3.63, 3.8) is 0 Å². The fourth-order valence-corrected chi connectivity index (χ4v) is 3.56. The van der Waals surface area contributed by atoms with E-state index < -0.39 is 29.0 Å². The van der Waals surface area contributed by atoms with E-state index in [1.807, 2.05) is 0 Å². The quantitative estimate of drug-likeness (QED) is 0.468. The lowest BCUT2D eigenvalue weighted by molar-refractivity contribution is -0.141. The average molecular weight is 286 g/mol. The number of halogens is 1. The molecule has 0 aromatic rings. The normalized spacial score (nSPS) is 18.1. The summed E-state index contributed by atoms with van der Waals surface area (Å²) in [5, 5.41) is 15.0. The number of hydrogen-bond acceptors (Lipinski definition) is 6. The Kier molecular flexibility index (Phi) is 6.83. The predicted octanol–water partition coefficient (Wildman–Crippen LogP) is 0.267. The SMILES string of the molecule is CCC(F)(SSCC(N)C(=O)O)C(N)C(=O)O. The molecule has 0 aliphatic rings. The van der Waals surface area contributed by atoms with Crippen LogP contribution in [0.3, 0.4) is 0 Å². The summed E-state index contributed by atoms with van der Waals surface area (Å²) >= 11 is 0. The van der Waals surface area contributed by atoms with Gasteiger partial charge in [-0.3, -0.25) is 9.59 Å². The summed E-state index contributed by atoms with van der Waals surface area (Å²) in [6, 6.07) is -2.78. The highest BCUT2D eigenvalue weighted by Gasteiger charge is 2.41. The van der Waals surface area contributed by atoms with Gasteiger partial charge in [0.2, 0.25) is 0 Å². The lowest BCUT2D eigenvalue weighted by Crippen LogP contribution is -2.47. The Labute approximate surface area is 106 Å². The molecular weight excluding hydrogens is 271 g/mol. The van der Waals surface area contributed by atoms with Crippen molar-refractivity contribution >= 4 is 33.5 Å². The number of carboxylic acids is 2. The molecule has 0 aliphatic heterocycles. The van der Waals surface area contributed by atoms with E-state index in [2.05, 4.69) is 0 Å². The lowest BCUT2D eigenvalue weighted by Gasteiger charge is -2.26. The van der Waals surface area contributed by atoms with Crippen molar-refractivity contribution in [3.05, 3.63) is 0 Å². The maximum absolute atomic E-state index is 14.1. The Morgan fingerprint density at radius 2 is 1.88 bits per heavy atom. The Balaban J connectivity index is 4.31. The summed E-state index contributed by atoms with van der Waals surface area (Å²) in [7, 11) is 1.47. The molecule has 0 fully saturated rings. The van der Waals surface area contributed by atoms with E-state index >= 15 is 0 Å². The Morgan fingerprint density at radius 1 is 1.35 bits per heavy atom. The second kappa shape index (κ2) is 7.04. The van der Waals surface area contributed by atoms with Gasteiger partial charge in [-0.25, -0.2) is 4.39 Å². The molecule has 0 heterocycles. The van der Waals surface area contributed by atoms with Gasteiger partial charge < -0.3 is 21.7 Å². The fourth-order valence-electron chi connectivity index (χ4n) is 0.792. The molecule has 3 atom stereocenters. The first-order chi connectivity index (χ1) is 7.74. The minimum Gasteiger partial charge on any atom is -0.480 e. The monoisotopic (exact) mass is 286 g/mol. The minimum atomic E-state index is -2.14. The Morgan fingerprint density at radius 3 is 2.24 bits per heavy atom. The zero-order chi connectivity index (χ0) is 13.6. The van der Waals surface area contributed by atoms with Crippen molar-refractivity contribution in [2.75, 3.05) is 5.75 Å². The van der Waals surface area contributed by atoms with Crippen LogP contribution in [0.25, 0.3) is 0 Å². The van der Waals surface area contributed by atoms with Gasteiger partial charge in [0, 0.05) is 5.75 Å². The summed E-state index contributed by atoms with van der Waals surface area (Å²) in [6.07, 6.45) is -0.0968. The third kappa shape index (κ3) is 5.11. The molecule has 9 heteroatoms. The number of hydrogen-bond donors (Lipinski definition) is 4. The molecule has 0 amide bonds. The number of rotatable bonds is 8. The van der Waals surface area contributed by atoms with Crippen LogP contribution in [0, 0.1) is 0 Å². The number of carbonyl (C=O) groups is 2. The number of nitrogens with two attached hydrogens (primary N) is 2.